The van der Waals surface area contributed by atoms with E-state index in [-0.39, 0.29) is 0 Å². The first-order valence-corrected chi connectivity index (χ1v) is 6.62. The number of hydrogen-bond donors (Lipinski definition) is 1. The third-order valence-electron chi connectivity index (χ3n) is 2.63. The van der Waals surface area contributed by atoms with Crippen molar-refractivity contribution >= 4 is 32.5 Å². The lowest BCUT2D eigenvalue weighted by Crippen LogP contribution is -2.10. The number of hydrogen-bond acceptors (Lipinski definition) is 2. The fraction of sp³-hybridized carbons (Fsp3) is 0.308. The van der Waals surface area contributed by atoms with Gasteiger partial charge in [-0.15, -0.1) is 0 Å². The summed E-state index contributed by atoms with van der Waals surface area (Å²) in [5, 5.41) is 3.69. The molecule has 2 aromatic rings. The number of fused-ring (bicyclic) bond motifs is 1. The summed E-state index contributed by atoms with van der Waals surface area (Å²) in [6.07, 6.45) is -3.61. The smallest absolute Gasteiger partial charge is 0.384 e. The highest BCUT2D eigenvalue weighted by Crippen LogP contribution is 2.33. The van der Waals surface area contributed by atoms with E-state index in [0.29, 0.717) is 23.1 Å². The average molecular weight is 333 g/mol. The van der Waals surface area contributed by atoms with E-state index in [4.69, 9.17) is 0 Å². The van der Waals surface area contributed by atoms with E-state index in [1.807, 2.05) is 6.92 Å². The summed E-state index contributed by atoms with van der Waals surface area (Å²) in [5.41, 5.74) is -0.0852. The van der Waals surface area contributed by atoms with E-state index in [0.717, 1.165) is 17.0 Å². The van der Waals surface area contributed by atoms with Gasteiger partial charge in [-0.3, -0.25) is 0 Å². The molecule has 0 fully saturated rings. The van der Waals surface area contributed by atoms with Crippen LogP contribution >= 0.6 is 15.9 Å². The lowest BCUT2D eigenvalue weighted by Gasteiger charge is -2.13. The zero-order valence-electron chi connectivity index (χ0n) is 10.2. The van der Waals surface area contributed by atoms with Crippen LogP contribution in [0.15, 0.2) is 28.7 Å². The fourth-order valence-electron chi connectivity index (χ4n) is 1.75. The summed E-state index contributed by atoms with van der Waals surface area (Å²) < 4.78 is 39.2. The Morgan fingerprint density at radius 2 is 2.00 bits per heavy atom. The summed E-state index contributed by atoms with van der Waals surface area (Å²) in [5.74, 6) is 0. The molecular weight excluding hydrogens is 321 g/mol. The number of alkyl halides is 3. The van der Waals surface area contributed by atoms with Gasteiger partial charge in [-0.2, -0.15) is 13.2 Å². The molecular formula is C13H12BrF3N2. The Bertz CT molecular complexity index is 596. The SMILES string of the molecule is CCCNc1cc(C(F)(F)F)nc2ccc(Br)cc12. The molecule has 1 aromatic heterocycles. The first-order valence-electron chi connectivity index (χ1n) is 5.83. The van der Waals surface area contributed by atoms with Gasteiger partial charge in [-0.25, -0.2) is 4.98 Å². The van der Waals surface area contributed by atoms with E-state index >= 15 is 0 Å². The molecule has 1 N–H and O–H groups in total. The molecule has 0 atom stereocenters. The highest BCUT2D eigenvalue weighted by molar-refractivity contribution is 9.10. The Balaban J connectivity index is 2.62. The third-order valence-corrected chi connectivity index (χ3v) is 3.12. The lowest BCUT2D eigenvalue weighted by atomic mass is 10.1. The van der Waals surface area contributed by atoms with Crippen molar-refractivity contribution in [3.63, 3.8) is 0 Å². The molecule has 2 nitrogen and oxygen atoms in total. The molecule has 0 aliphatic rings. The molecule has 0 radical (unpaired) electrons. The second-order valence-electron chi connectivity index (χ2n) is 4.14. The number of halogens is 4. The van der Waals surface area contributed by atoms with Gasteiger partial charge in [0, 0.05) is 22.1 Å². The molecule has 19 heavy (non-hydrogen) atoms. The zero-order valence-corrected chi connectivity index (χ0v) is 11.8. The minimum atomic E-state index is -4.44. The Morgan fingerprint density at radius 1 is 1.26 bits per heavy atom. The zero-order chi connectivity index (χ0) is 14.0. The van der Waals surface area contributed by atoms with Gasteiger partial charge in [0.1, 0.15) is 5.69 Å². The molecule has 0 amide bonds. The van der Waals surface area contributed by atoms with Crippen molar-refractivity contribution in [2.24, 2.45) is 0 Å². The Morgan fingerprint density at radius 3 is 2.63 bits per heavy atom. The van der Waals surface area contributed by atoms with Gasteiger partial charge in [0.15, 0.2) is 0 Å². The highest BCUT2D eigenvalue weighted by Gasteiger charge is 2.33. The first kappa shape index (κ1) is 14.1. The molecule has 0 spiro atoms. The van der Waals surface area contributed by atoms with E-state index in [9.17, 15) is 13.2 Å². The van der Waals surface area contributed by atoms with Crippen LogP contribution in [-0.2, 0) is 6.18 Å². The minimum Gasteiger partial charge on any atom is -0.384 e. The molecule has 102 valence electrons. The topological polar surface area (TPSA) is 24.9 Å². The molecule has 0 saturated heterocycles. The summed E-state index contributed by atoms with van der Waals surface area (Å²) in [4.78, 5) is 3.67. The van der Waals surface area contributed by atoms with Crippen LogP contribution in [0.1, 0.15) is 19.0 Å². The number of nitrogens with zero attached hydrogens (tertiary/aromatic N) is 1. The molecule has 1 heterocycles. The standard InChI is InChI=1S/C13H12BrF3N2/c1-2-5-18-11-7-12(13(15,16)17)19-10-4-3-8(14)6-9(10)11/h3-4,6-7H,2,5H2,1H3,(H,18,19). The second kappa shape index (κ2) is 5.36. The van der Waals surface area contributed by atoms with Crippen molar-refractivity contribution in [2.45, 2.75) is 19.5 Å². The molecule has 0 saturated carbocycles. The van der Waals surface area contributed by atoms with Gasteiger partial charge in [0.2, 0.25) is 0 Å². The summed E-state index contributed by atoms with van der Waals surface area (Å²) in [6.45, 7) is 2.57. The number of rotatable bonds is 3. The third kappa shape index (κ3) is 3.18. The lowest BCUT2D eigenvalue weighted by molar-refractivity contribution is -0.140. The van der Waals surface area contributed by atoms with Crippen molar-refractivity contribution in [1.82, 2.24) is 4.98 Å². The van der Waals surface area contributed by atoms with Crippen molar-refractivity contribution in [3.05, 3.63) is 34.4 Å². The molecule has 2 rings (SSSR count). The number of aromatic nitrogens is 1. The van der Waals surface area contributed by atoms with Crippen LogP contribution in [0.5, 0.6) is 0 Å². The number of nitrogens with one attached hydrogen (secondary N) is 1. The van der Waals surface area contributed by atoms with Gasteiger partial charge in [-0.1, -0.05) is 22.9 Å². The number of pyridine rings is 1. The molecule has 0 unspecified atom stereocenters. The second-order valence-corrected chi connectivity index (χ2v) is 5.06. The van der Waals surface area contributed by atoms with Crippen LogP contribution in [0.25, 0.3) is 10.9 Å². The van der Waals surface area contributed by atoms with Crippen molar-refractivity contribution in [1.29, 1.82) is 0 Å². The molecule has 1 aromatic carbocycles. The van der Waals surface area contributed by atoms with Crippen molar-refractivity contribution < 1.29 is 13.2 Å². The highest BCUT2D eigenvalue weighted by atomic mass is 79.9. The molecule has 6 heteroatoms. The van der Waals surface area contributed by atoms with E-state index in [1.54, 1.807) is 18.2 Å². The Labute approximate surface area is 117 Å². The van der Waals surface area contributed by atoms with Crippen LogP contribution in [0.2, 0.25) is 0 Å². The Hall–Kier alpha value is -1.30. The van der Waals surface area contributed by atoms with Gasteiger partial charge < -0.3 is 5.32 Å². The van der Waals surface area contributed by atoms with Gasteiger partial charge in [-0.05, 0) is 30.7 Å². The predicted octanol–water partition coefficient (Wildman–Crippen LogP) is 4.84. The minimum absolute atomic E-state index is 0.330. The van der Waals surface area contributed by atoms with Gasteiger partial charge in [0.05, 0.1) is 5.52 Å². The number of anilines is 1. The maximum absolute atomic E-state index is 12.8. The van der Waals surface area contributed by atoms with Crippen LogP contribution in [0, 0.1) is 0 Å². The maximum atomic E-state index is 12.8. The molecule has 0 bridgehead atoms. The summed E-state index contributed by atoms with van der Waals surface area (Å²) in [7, 11) is 0. The van der Waals surface area contributed by atoms with Gasteiger partial charge in [0.25, 0.3) is 0 Å². The maximum Gasteiger partial charge on any atom is 0.433 e. The first-order chi connectivity index (χ1) is 8.91. The summed E-state index contributed by atoms with van der Waals surface area (Å²) in [6, 6.07) is 6.08. The van der Waals surface area contributed by atoms with Crippen LogP contribution in [-0.4, -0.2) is 11.5 Å². The van der Waals surface area contributed by atoms with Gasteiger partial charge >= 0.3 is 6.18 Å². The quantitative estimate of drug-likeness (QED) is 0.870. The largest absolute Gasteiger partial charge is 0.433 e. The Kier molecular flexibility index (Phi) is 3.99. The number of benzene rings is 1. The molecule has 0 aliphatic heterocycles. The molecule has 0 aliphatic carbocycles. The predicted molar refractivity (Wildman–Crippen MR) is 73.2 cm³/mol. The van der Waals surface area contributed by atoms with Crippen LogP contribution in [0.4, 0.5) is 18.9 Å². The average Bonchev–Trinajstić information content (AvgIpc) is 2.34. The van der Waals surface area contributed by atoms with E-state index < -0.39 is 11.9 Å². The van der Waals surface area contributed by atoms with E-state index in [1.165, 1.54) is 0 Å². The van der Waals surface area contributed by atoms with Crippen molar-refractivity contribution in [3.8, 4) is 0 Å². The van der Waals surface area contributed by atoms with Crippen LogP contribution < -0.4 is 5.32 Å². The fourth-order valence-corrected chi connectivity index (χ4v) is 2.11. The van der Waals surface area contributed by atoms with Crippen LogP contribution in [0.3, 0.4) is 0 Å². The van der Waals surface area contributed by atoms with E-state index in [2.05, 4.69) is 26.2 Å². The monoisotopic (exact) mass is 332 g/mol. The normalized spacial score (nSPS) is 11.8. The van der Waals surface area contributed by atoms with Crippen molar-refractivity contribution in [2.75, 3.05) is 11.9 Å². The summed E-state index contributed by atoms with van der Waals surface area (Å²) >= 11 is 3.31.